The van der Waals surface area contributed by atoms with E-state index in [-0.39, 0.29) is 0 Å². The third-order valence-corrected chi connectivity index (χ3v) is 4.27. The summed E-state index contributed by atoms with van der Waals surface area (Å²) in [6, 6.07) is 12.8. The van der Waals surface area contributed by atoms with Crippen molar-refractivity contribution in [3.8, 4) is 0 Å². The van der Waals surface area contributed by atoms with Crippen LogP contribution in [0.5, 0.6) is 0 Å². The van der Waals surface area contributed by atoms with E-state index >= 15 is 0 Å². The Hall–Kier alpha value is -2.02. The van der Waals surface area contributed by atoms with Gasteiger partial charge >= 0.3 is 0 Å². The predicted molar refractivity (Wildman–Crippen MR) is 104 cm³/mol. The van der Waals surface area contributed by atoms with E-state index in [0.29, 0.717) is 33.1 Å². The number of nitrogens with zero attached hydrogens (tertiary/aromatic N) is 2. The van der Waals surface area contributed by atoms with Crippen LogP contribution < -0.4 is 16.4 Å². The second-order valence-electron chi connectivity index (χ2n) is 4.87. The highest BCUT2D eigenvalue weighted by Crippen LogP contribution is 2.32. The molecule has 0 aliphatic carbocycles. The number of rotatable bonds is 4. The molecule has 0 fully saturated rings. The van der Waals surface area contributed by atoms with Crippen LogP contribution in [0.2, 0.25) is 10.0 Å². The molecule has 0 saturated carbocycles. The van der Waals surface area contributed by atoms with Crippen LogP contribution in [0, 0.1) is 0 Å². The van der Waals surface area contributed by atoms with Gasteiger partial charge in [-0.2, -0.15) is 0 Å². The Labute approximate surface area is 157 Å². The van der Waals surface area contributed by atoms with E-state index in [1.54, 1.807) is 18.2 Å². The van der Waals surface area contributed by atoms with Crippen molar-refractivity contribution in [1.29, 1.82) is 0 Å². The molecule has 3 rings (SSSR count). The fourth-order valence-corrected chi connectivity index (χ4v) is 2.59. The van der Waals surface area contributed by atoms with E-state index < -0.39 is 0 Å². The quantitative estimate of drug-likeness (QED) is 0.507. The van der Waals surface area contributed by atoms with Gasteiger partial charge in [0.25, 0.3) is 0 Å². The lowest BCUT2D eigenvalue weighted by molar-refractivity contribution is 1.17. The van der Waals surface area contributed by atoms with Gasteiger partial charge in [0.1, 0.15) is 12.0 Å². The van der Waals surface area contributed by atoms with Crippen LogP contribution in [0.4, 0.5) is 28.7 Å². The van der Waals surface area contributed by atoms with Crippen molar-refractivity contribution in [3.05, 3.63) is 63.3 Å². The molecule has 0 radical (unpaired) electrons. The van der Waals surface area contributed by atoms with Gasteiger partial charge in [-0.1, -0.05) is 39.1 Å². The van der Waals surface area contributed by atoms with Gasteiger partial charge in [0, 0.05) is 15.2 Å². The predicted octanol–water partition coefficient (Wildman–Crippen LogP) is 5.62. The summed E-state index contributed by atoms with van der Waals surface area (Å²) >= 11 is 15.5. The van der Waals surface area contributed by atoms with Crippen molar-refractivity contribution in [1.82, 2.24) is 9.97 Å². The van der Waals surface area contributed by atoms with E-state index in [1.807, 2.05) is 24.3 Å². The molecule has 0 unspecified atom stereocenters. The molecule has 1 heterocycles. The zero-order valence-electron chi connectivity index (χ0n) is 12.2. The number of anilines is 5. The average Bonchev–Trinajstić information content (AvgIpc) is 2.56. The van der Waals surface area contributed by atoms with Crippen LogP contribution in [0.25, 0.3) is 0 Å². The van der Waals surface area contributed by atoms with Gasteiger partial charge in [-0.25, -0.2) is 9.97 Å². The van der Waals surface area contributed by atoms with Crippen molar-refractivity contribution in [3.63, 3.8) is 0 Å². The summed E-state index contributed by atoms with van der Waals surface area (Å²) in [6.45, 7) is 0. The summed E-state index contributed by atoms with van der Waals surface area (Å²) in [7, 11) is 0. The van der Waals surface area contributed by atoms with Gasteiger partial charge < -0.3 is 16.4 Å². The third kappa shape index (κ3) is 3.90. The molecule has 8 heteroatoms. The lowest BCUT2D eigenvalue weighted by Crippen LogP contribution is -2.05. The molecule has 0 aliphatic heterocycles. The van der Waals surface area contributed by atoms with Crippen molar-refractivity contribution >= 4 is 67.8 Å². The number of hydrogen-bond acceptors (Lipinski definition) is 5. The fraction of sp³-hybridized carbons (Fsp3) is 0. The van der Waals surface area contributed by atoms with Crippen molar-refractivity contribution in [2.75, 3.05) is 16.4 Å². The Morgan fingerprint density at radius 2 is 1.58 bits per heavy atom. The molecule has 4 N–H and O–H groups in total. The zero-order chi connectivity index (χ0) is 17.1. The van der Waals surface area contributed by atoms with Crippen LogP contribution in [-0.4, -0.2) is 9.97 Å². The van der Waals surface area contributed by atoms with Crippen LogP contribution in [0.15, 0.2) is 53.3 Å². The number of aromatic nitrogens is 2. The van der Waals surface area contributed by atoms with Crippen LogP contribution in [0.3, 0.4) is 0 Å². The first kappa shape index (κ1) is 16.8. The zero-order valence-corrected chi connectivity index (χ0v) is 15.3. The summed E-state index contributed by atoms with van der Waals surface area (Å²) in [6.07, 6.45) is 1.42. The molecule has 0 bridgehead atoms. The highest BCUT2D eigenvalue weighted by molar-refractivity contribution is 9.10. The maximum atomic E-state index is 6.16. The van der Waals surface area contributed by atoms with E-state index in [9.17, 15) is 0 Å². The molecular formula is C16H12BrCl2N5. The summed E-state index contributed by atoms with van der Waals surface area (Å²) in [5.74, 6) is 0.932. The number of nitrogen functional groups attached to an aromatic ring is 1. The Bertz CT molecular complexity index is 871. The number of halogens is 3. The lowest BCUT2D eigenvalue weighted by Gasteiger charge is -2.13. The van der Waals surface area contributed by atoms with Crippen molar-refractivity contribution in [2.45, 2.75) is 0 Å². The topological polar surface area (TPSA) is 75.9 Å². The molecule has 1 aromatic heterocycles. The largest absolute Gasteiger partial charge is 0.393 e. The molecule has 122 valence electrons. The standard InChI is InChI=1S/C16H12BrCl2N5/c17-9-1-4-11(5-2-9)23-15-14(20)16(22-8-21-15)24-13-7-10(18)3-6-12(13)19/h1-8H,20H2,(H2,21,22,23,24). The molecule has 5 nitrogen and oxygen atoms in total. The average molecular weight is 425 g/mol. The first-order valence-electron chi connectivity index (χ1n) is 6.88. The maximum absolute atomic E-state index is 6.16. The van der Waals surface area contributed by atoms with E-state index in [2.05, 4.69) is 36.5 Å². The first-order valence-corrected chi connectivity index (χ1v) is 8.43. The Balaban J connectivity index is 1.88. The number of hydrogen-bond donors (Lipinski definition) is 3. The van der Waals surface area contributed by atoms with Gasteiger partial charge in [0.15, 0.2) is 11.6 Å². The molecule has 0 aliphatic rings. The van der Waals surface area contributed by atoms with Gasteiger partial charge in [-0.15, -0.1) is 0 Å². The van der Waals surface area contributed by atoms with Crippen LogP contribution in [0.1, 0.15) is 0 Å². The highest BCUT2D eigenvalue weighted by Gasteiger charge is 2.10. The van der Waals surface area contributed by atoms with E-state index in [1.165, 1.54) is 6.33 Å². The monoisotopic (exact) mass is 423 g/mol. The third-order valence-electron chi connectivity index (χ3n) is 3.17. The normalized spacial score (nSPS) is 10.5. The van der Waals surface area contributed by atoms with E-state index in [0.717, 1.165) is 10.2 Å². The Morgan fingerprint density at radius 1 is 0.917 bits per heavy atom. The Morgan fingerprint density at radius 3 is 2.29 bits per heavy atom. The smallest absolute Gasteiger partial charge is 0.159 e. The molecule has 0 atom stereocenters. The number of benzene rings is 2. The molecule has 24 heavy (non-hydrogen) atoms. The van der Waals surface area contributed by atoms with Gasteiger partial charge in [0.2, 0.25) is 0 Å². The Kier molecular flexibility index (Phi) is 5.08. The molecule has 0 spiro atoms. The maximum Gasteiger partial charge on any atom is 0.159 e. The second-order valence-corrected chi connectivity index (χ2v) is 6.62. The minimum absolute atomic E-state index is 0.372. The number of nitrogens with two attached hydrogens (primary N) is 1. The molecule has 2 aromatic carbocycles. The molecule has 0 amide bonds. The van der Waals surface area contributed by atoms with Gasteiger partial charge in [-0.05, 0) is 42.5 Å². The lowest BCUT2D eigenvalue weighted by atomic mass is 10.3. The minimum Gasteiger partial charge on any atom is -0.393 e. The fourth-order valence-electron chi connectivity index (χ4n) is 1.99. The summed E-state index contributed by atoms with van der Waals surface area (Å²) in [5, 5.41) is 7.30. The summed E-state index contributed by atoms with van der Waals surface area (Å²) in [5.41, 5.74) is 8.01. The van der Waals surface area contributed by atoms with Crippen LogP contribution >= 0.6 is 39.1 Å². The summed E-state index contributed by atoms with van der Waals surface area (Å²) in [4.78, 5) is 8.34. The molecular weight excluding hydrogens is 413 g/mol. The van der Waals surface area contributed by atoms with E-state index in [4.69, 9.17) is 28.9 Å². The molecule has 0 saturated heterocycles. The highest BCUT2D eigenvalue weighted by atomic mass is 79.9. The van der Waals surface area contributed by atoms with Gasteiger partial charge in [0.05, 0.1) is 10.7 Å². The van der Waals surface area contributed by atoms with Crippen molar-refractivity contribution < 1.29 is 0 Å². The second kappa shape index (κ2) is 7.25. The molecule has 3 aromatic rings. The van der Waals surface area contributed by atoms with Crippen LogP contribution in [-0.2, 0) is 0 Å². The first-order chi connectivity index (χ1) is 11.5. The summed E-state index contributed by atoms with van der Waals surface area (Å²) < 4.78 is 0.988. The van der Waals surface area contributed by atoms with Gasteiger partial charge in [-0.3, -0.25) is 0 Å². The number of nitrogens with one attached hydrogen (secondary N) is 2. The minimum atomic E-state index is 0.372. The SMILES string of the molecule is Nc1c(Nc2ccc(Br)cc2)ncnc1Nc1cc(Cl)ccc1Cl. The van der Waals surface area contributed by atoms with Crippen molar-refractivity contribution in [2.24, 2.45) is 0 Å².